The van der Waals surface area contributed by atoms with Crippen LogP contribution in [0.1, 0.15) is 48.0 Å². The number of primary amides is 1. The van der Waals surface area contributed by atoms with Crippen LogP contribution in [0.3, 0.4) is 0 Å². The standard InChI is InChI=1S/C20H30BrN5O3S/c21-15-12-16(19(23)17(13-15)20(24)27)18(22)14-4-9-26(10-5-14)30(28,29)11-3-8-25-6-1-2-7-25/h12-14,22H,1-11,23H2,(H2,24,27). The number of nitrogen functional groups attached to an aromatic ring is 1. The number of anilines is 1. The number of nitrogens with zero attached hydrogens (tertiary/aromatic N) is 2. The van der Waals surface area contributed by atoms with Gasteiger partial charge in [0.15, 0.2) is 0 Å². The number of nitrogens with one attached hydrogen (secondary N) is 1. The topological polar surface area (TPSA) is 134 Å². The summed E-state index contributed by atoms with van der Waals surface area (Å²) in [6.45, 7) is 3.78. The minimum absolute atomic E-state index is 0.113. The Morgan fingerprint density at radius 1 is 1.13 bits per heavy atom. The summed E-state index contributed by atoms with van der Waals surface area (Å²) >= 11 is 3.34. The van der Waals surface area contributed by atoms with Crippen molar-refractivity contribution < 1.29 is 13.2 Å². The lowest BCUT2D eigenvalue weighted by Crippen LogP contribution is -2.41. The van der Waals surface area contributed by atoms with E-state index in [1.807, 2.05) is 0 Å². The number of halogens is 1. The van der Waals surface area contributed by atoms with Crippen LogP contribution in [0.4, 0.5) is 5.69 Å². The van der Waals surface area contributed by atoms with E-state index >= 15 is 0 Å². The number of carbonyl (C=O) groups excluding carboxylic acids is 1. The maximum Gasteiger partial charge on any atom is 0.250 e. The van der Waals surface area contributed by atoms with Gasteiger partial charge in [0, 0.05) is 34.8 Å². The molecule has 2 heterocycles. The molecule has 30 heavy (non-hydrogen) atoms. The van der Waals surface area contributed by atoms with Gasteiger partial charge >= 0.3 is 0 Å². The molecule has 0 unspecified atom stereocenters. The molecule has 0 saturated carbocycles. The quantitative estimate of drug-likeness (QED) is 0.371. The van der Waals surface area contributed by atoms with Crippen LogP contribution in [0.25, 0.3) is 0 Å². The minimum Gasteiger partial charge on any atom is -0.398 e. The number of benzene rings is 1. The fraction of sp³-hybridized carbons (Fsp3) is 0.600. The van der Waals surface area contributed by atoms with Gasteiger partial charge in [0.1, 0.15) is 0 Å². The number of piperidine rings is 1. The number of rotatable bonds is 8. The first-order valence-electron chi connectivity index (χ1n) is 10.4. The maximum atomic E-state index is 12.7. The fourth-order valence-electron chi connectivity index (χ4n) is 4.29. The molecule has 0 spiro atoms. The van der Waals surface area contributed by atoms with Crippen molar-refractivity contribution in [3.05, 3.63) is 27.7 Å². The Labute approximate surface area is 186 Å². The number of likely N-dealkylation sites (tertiary alicyclic amines) is 1. The summed E-state index contributed by atoms with van der Waals surface area (Å²) < 4.78 is 27.6. The molecule has 0 aromatic heterocycles. The van der Waals surface area contributed by atoms with Crippen molar-refractivity contribution in [2.24, 2.45) is 11.7 Å². The van der Waals surface area contributed by atoms with Crippen molar-refractivity contribution >= 4 is 43.3 Å². The molecule has 2 aliphatic heterocycles. The van der Waals surface area contributed by atoms with E-state index in [2.05, 4.69) is 20.8 Å². The Morgan fingerprint density at radius 3 is 2.33 bits per heavy atom. The summed E-state index contributed by atoms with van der Waals surface area (Å²) in [5.41, 5.74) is 12.7. The lowest BCUT2D eigenvalue weighted by molar-refractivity contribution is 0.100. The highest BCUT2D eigenvalue weighted by molar-refractivity contribution is 9.10. The normalized spacial score (nSPS) is 19.2. The summed E-state index contributed by atoms with van der Waals surface area (Å²) in [7, 11) is -3.28. The number of amides is 1. The third-order valence-electron chi connectivity index (χ3n) is 6.03. The van der Waals surface area contributed by atoms with E-state index in [-0.39, 0.29) is 22.9 Å². The summed E-state index contributed by atoms with van der Waals surface area (Å²) in [6.07, 6.45) is 4.18. The number of carbonyl (C=O) groups is 1. The van der Waals surface area contributed by atoms with Crippen LogP contribution in [0, 0.1) is 11.3 Å². The van der Waals surface area contributed by atoms with Gasteiger partial charge in [-0.25, -0.2) is 12.7 Å². The second-order valence-electron chi connectivity index (χ2n) is 8.08. The summed E-state index contributed by atoms with van der Waals surface area (Å²) in [5, 5.41) is 8.60. The zero-order valence-electron chi connectivity index (χ0n) is 17.1. The molecule has 10 heteroatoms. The summed E-state index contributed by atoms with van der Waals surface area (Å²) in [4.78, 5) is 13.9. The third kappa shape index (κ3) is 5.40. The van der Waals surface area contributed by atoms with Crippen LogP contribution in [-0.2, 0) is 10.0 Å². The molecule has 2 fully saturated rings. The molecule has 2 aliphatic rings. The molecule has 1 aromatic carbocycles. The highest BCUT2D eigenvalue weighted by Gasteiger charge is 2.31. The van der Waals surface area contributed by atoms with E-state index in [4.69, 9.17) is 16.9 Å². The molecule has 166 valence electrons. The molecule has 0 bridgehead atoms. The molecular weight excluding hydrogens is 470 g/mol. The first kappa shape index (κ1) is 23.2. The average molecular weight is 500 g/mol. The zero-order chi connectivity index (χ0) is 21.9. The van der Waals surface area contributed by atoms with Crippen LogP contribution < -0.4 is 11.5 Å². The third-order valence-corrected chi connectivity index (χ3v) is 8.45. The molecule has 2 saturated heterocycles. The van der Waals surface area contributed by atoms with Crippen molar-refractivity contribution in [3.8, 4) is 0 Å². The zero-order valence-corrected chi connectivity index (χ0v) is 19.5. The largest absolute Gasteiger partial charge is 0.398 e. The van der Waals surface area contributed by atoms with Gasteiger partial charge in [0.25, 0.3) is 5.91 Å². The van der Waals surface area contributed by atoms with Crippen LogP contribution in [0.2, 0.25) is 0 Å². The van der Waals surface area contributed by atoms with Gasteiger partial charge in [-0.3, -0.25) is 4.79 Å². The number of hydrogen-bond acceptors (Lipinski definition) is 6. The Bertz CT molecular complexity index is 907. The lowest BCUT2D eigenvalue weighted by atomic mass is 9.87. The van der Waals surface area contributed by atoms with Crippen molar-refractivity contribution in [2.45, 2.75) is 32.1 Å². The van der Waals surface area contributed by atoms with Gasteiger partial charge in [-0.05, 0) is 63.9 Å². The molecule has 8 nitrogen and oxygen atoms in total. The number of sulfonamides is 1. The minimum atomic E-state index is -3.28. The monoisotopic (exact) mass is 499 g/mol. The summed E-state index contributed by atoms with van der Waals surface area (Å²) in [5.74, 6) is -0.581. The van der Waals surface area contributed by atoms with E-state index in [0.29, 0.717) is 48.1 Å². The van der Waals surface area contributed by atoms with Gasteiger partial charge in [-0.2, -0.15) is 0 Å². The predicted octanol–water partition coefficient (Wildman–Crippen LogP) is 2.03. The highest BCUT2D eigenvalue weighted by atomic mass is 79.9. The second-order valence-corrected chi connectivity index (χ2v) is 11.1. The molecule has 0 radical (unpaired) electrons. The van der Waals surface area contributed by atoms with Gasteiger partial charge in [0.05, 0.1) is 17.0 Å². The van der Waals surface area contributed by atoms with Crippen LogP contribution in [0.5, 0.6) is 0 Å². The van der Waals surface area contributed by atoms with Crippen LogP contribution >= 0.6 is 15.9 Å². The predicted molar refractivity (Wildman–Crippen MR) is 122 cm³/mol. The molecule has 0 aliphatic carbocycles. The molecular formula is C20H30BrN5O3S. The van der Waals surface area contributed by atoms with Gasteiger partial charge in [-0.1, -0.05) is 15.9 Å². The van der Waals surface area contributed by atoms with Crippen molar-refractivity contribution in [1.82, 2.24) is 9.21 Å². The molecule has 5 N–H and O–H groups in total. The fourth-order valence-corrected chi connectivity index (χ4v) is 6.27. The van der Waals surface area contributed by atoms with Crippen molar-refractivity contribution in [3.63, 3.8) is 0 Å². The lowest BCUT2D eigenvalue weighted by Gasteiger charge is -2.32. The first-order valence-corrected chi connectivity index (χ1v) is 12.8. The number of hydrogen-bond donors (Lipinski definition) is 3. The smallest absolute Gasteiger partial charge is 0.250 e. The van der Waals surface area contributed by atoms with E-state index in [1.54, 1.807) is 16.4 Å². The molecule has 3 rings (SSSR count). The van der Waals surface area contributed by atoms with Crippen LogP contribution in [-0.4, -0.2) is 67.7 Å². The van der Waals surface area contributed by atoms with E-state index in [1.165, 1.54) is 12.8 Å². The SMILES string of the molecule is N=C(c1cc(Br)cc(C(N)=O)c1N)C1CCN(S(=O)(=O)CCCN2CCCC2)CC1. The van der Waals surface area contributed by atoms with Crippen LogP contribution in [0.15, 0.2) is 16.6 Å². The molecule has 1 amide bonds. The Morgan fingerprint density at radius 2 is 1.73 bits per heavy atom. The van der Waals surface area contributed by atoms with Crippen molar-refractivity contribution in [1.29, 1.82) is 5.41 Å². The second kappa shape index (κ2) is 9.76. The number of nitrogens with two attached hydrogens (primary N) is 2. The van der Waals surface area contributed by atoms with E-state index < -0.39 is 15.9 Å². The summed E-state index contributed by atoms with van der Waals surface area (Å²) in [6, 6.07) is 3.26. The molecule has 1 aromatic rings. The highest BCUT2D eigenvalue weighted by Crippen LogP contribution is 2.30. The Balaban J connectivity index is 1.58. The van der Waals surface area contributed by atoms with E-state index in [0.717, 1.165) is 19.6 Å². The molecule has 0 atom stereocenters. The first-order chi connectivity index (χ1) is 14.2. The van der Waals surface area contributed by atoms with Crippen molar-refractivity contribution in [2.75, 3.05) is 44.2 Å². The Hall–Kier alpha value is -1.49. The van der Waals surface area contributed by atoms with Gasteiger partial charge in [-0.15, -0.1) is 0 Å². The van der Waals surface area contributed by atoms with Gasteiger partial charge in [0.2, 0.25) is 10.0 Å². The Kier molecular flexibility index (Phi) is 7.54. The maximum absolute atomic E-state index is 12.7. The average Bonchev–Trinajstić information content (AvgIpc) is 3.22. The van der Waals surface area contributed by atoms with Gasteiger partial charge < -0.3 is 21.8 Å². The van der Waals surface area contributed by atoms with E-state index in [9.17, 15) is 13.2 Å².